The molecule has 1 aromatic carbocycles. The molecule has 1 aliphatic rings. The molecule has 0 radical (unpaired) electrons. The Bertz CT molecular complexity index is 1250. The molecule has 2 aromatic heterocycles. The van der Waals surface area contributed by atoms with Crippen LogP contribution < -0.4 is 10.2 Å². The van der Waals surface area contributed by atoms with Crippen LogP contribution in [0.2, 0.25) is 0 Å². The summed E-state index contributed by atoms with van der Waals surface area (Å²) in [6.07, 6.45) is 1.51. The van der Waals surface area contributed by atoms with Gasteiger partial charge in [-0.05, 0) is 52.7 Å². The van der Waals surface area contributed by atoms with E-state index in [2.05, 4.69) is 5.32 Å². The van der Waals surface area contributed by atoms with Crippen LogP contribution in [-0.2, 0) is 14.3 Å². The Morgan fingerprint density at radius 2 is 2.11 bits per heavy atom. The van der Waals surface area contributed by atoms with Gasteiger partial charge in [-0.1, -0.05) is 23.5 Å². The minimum absolute atomic E-state index is 0.0622. The lowest BCUT2D eigenvalue weighted by atomic mass is 9.98. The Morgan fingerprint density at radius 1 is 1.33 bits per heavy atom. The van der Waals surface area contributed by atoms with E-state index < -0.39 is 0 Å². The smallest absolute Gasteiger partial charge is 0.310 e. The monoisotopic (exact) mass is 516 g/mol. The van der Waals surface area contributed by atoms with Gasteiger partial charge in [-0.15, -0.1) is 5.10 Å². The van der Waals surface area contributed by atoms with Crippen molar-refractivity contribution in [2.75, 3.05) is 43.5 Å². The summed E-state index contributed by atoms with van der Waals surface area (Å²) in [7, 11) is 1.81. The van der Waals surface area contributed by atoms with Gasteiger partial charge in [0.1, 0.15) is 11.5 Å². The summed E-state index contributed by atoms with van der Waals surface area (Å²) in [6, 6.07) is 6.33. The quantitative estimate of drug-likeness (QED) is 0.474. The topological polar surface area (TPSA) is 92.1 Å². The van der Waals surface area contributed by atoms with Crippen LogP contribution in [0, 0.1) is 11.7 Å². The van der Waals surface area contributed by atoms with E-state index in [1.54, 1.807) is 27.3 Å². The molecular formula is C25H33FN6O3S. The normalized spacial score (nSPS) is 16.3. The largest absolute Gasteiger partial charge is 0.466 e. The van der Waals surface area contributed by atoms with Crippen molar-refractivity contribution >= 4 is 39.1 Å². The highest BCUT2D eigenvalue weighted by molar-refractivity contribution is 7.20. The van der Waals surface area contributed by atoms with Crippen LogP contribution in [0.3, 0.4) is 0 Å². The van der Waals surface area contributed by atoms with Gasteiger partial charge in [0.15, 0.2) is 5.82 Å². The number of imidazole rings is 1. The molecule has 1 atom stereocenters. The number of ether oxygens (including phenoxy) is 1. The van der Waals surface area contributed by atoms with Crippen molar-refractivity contribution < 1.29 is 18.7 Å². The van der Waals surface area contributed by atoms with Gasteiger partial charge in [0.25, 0.3) is 0 Å². The highest BCUT2D eigenvalue weighted by Crippen LogP contribution is 2.34. The Labute approximate surface area is 214 Å². The van der Waals surface area contributed by atoms with E-state index in [-0.39, 0.29) is 35.7 Å². The predicted octanol–water partition coefficient (Wildman–Crippen LogP) is 4.05. The number of rotatable bonds is 7. The van der Waals surface area contributed by atoms with E-state index in [9.17, 15) is 14.0 Å². The Kier molecular flexibility index (Phi) is 7.49. The number of esters is 1. The lowest BCUT2D eigenvalue weighted by molar-refractivity contribution is -0.151. The second kappa shape index (κ2) is 10.4. The number of hydrogen-bond donors (Lipinski definition) is 1. The molecule has 1 saturated heterocycles. The van der Waals surface area contributed by atoms with Crippen LogP contribution in [0.5, 0.6) is 0 Å². The van der Waals surface area contributed by atoms with Crippen molar-refractivity contribution in [1.82, 2.24) is 19.5 Å². The number of hydrogen-bond acceptors (Lipinski definition) is 8. The summed E-state index contributed by atoms with van der Waals surface area (Å²) >= 11 is 1.35. The highest BCUT2D eigenvalue weighted by atomic mass is 32.1. The lowest BCUT2D eigenvalue weighted by Gasteiger charge is -2.32. The van der Waals surface area contributed by atoms with Crippen LogP contribution in [-0.4, -0.2) is 70.2 Å². The number of piperidine rings is 1. The van der Waals surface area contributed by atoms with Gasteiger partial charge >= 0.3 is 5.97 Å². The molecule has 36 heavy (non-hydrogen) atoms. The second-order valence-corrected chi connectivity index (χ2v) is 11.0. The SMILES string of the molecule is CCOC(=O)[C@@H]1CCCN(C(=O)CN(C)c2nn3c(NC(C)(C)C)c(-c4cccc(F)c4)nc3s2)C1. The molecule has 1 aliphatic heterocycles. The minimum atomic E-state index is -0.333. The van der Waals surface area contributed by atoms with Crippen molar-refractivity contribution in [2.45, 2.75) is 46.1 Å². The zero-order valence-electron chi connectivity index (χ0n) is 21.4. The molecule has 3 aromatic rings. The third-order valence-electron chi connectivity index (χ3n) is 5.88. The number of anilines is 2. The summed E-state index contributed by atoms with van der Waals surface area (Å²) in [5, 5.41) is 8.81. The van der Waals surface area contributed by atoms with Gasteiger partial charge in [-0.2, -0.15) is 4.52 Å². The second-order valence-electron chi connectivity index (χ2n) is 10.1. The van der Waals surface area contributed by atoms with Crippen LogP contribution in [0.1, 0.15) is 40.5 Å². The number of aromatic nitrogens is 3. The number of carbonyl (C=O) groups is 2. The standard InChI is InChI=1S/C25H33FN6O3S/c1-6-35-22(34)17-10-8-12-31(14-17)19(33)15-30(5)24-29-32-21(28-25(2,3)4)20(27-23(32)36-24)16-9-7-11-18(26)13-16/h7,9,11,13,17,28H,6,8,10,12,14-15H2,1-5H3/t17-/m1/s1. The fourth-order valence-electron chi connectivity index (χ4n) is 4.22. The van der Waals surface area contributed by atoms with Gasteiger partial charge in [0.2, 0.25) is 16.0 Å². The Balaban J connectivity index is 1.54. The average Bonchev–Trinajstić information content (AvgIpc) is 3.38. The van der Waals surface area contributed by atoms with Gasteiger partial charge in [-0.3, -0.25) is 9.59 Å². The van der Waals surface area contributed by atoms with Crippen molar-refractivity contribution in [1.29, 1.82) is 0 Å². The number of likely N-dealkylation sites (tertiary alicyclic amines) is 1. The molecule has 3 heterocycles. The number of benzene rings is 1. The van der Waals surface area contributed by atoms with Crippen LogP contribution in [0.15, 0.2) is 24.3 Å². The van der Waals surface area contributed by atoms with Gasteiger partial charge in [0.05, 0.1) is 19.1 Å². The van der Waals surface area contributed by atoms with Gasteiger partial charge < -0.3 is 19.9 Å². The van der Waals surface area contributed by atoms with Gasteiger partial charge in [-0.25, -0.2) is 9.37 Å². The maximum absolute atomic E-state index is 13.9. The Morgan fingerprint density at radius 3 is 2.81 bits per heavy atom. The molecule has 0 saturated carbocycles. The molecule has 11 heteroatoms. The molecular weight excluding hydrogens is 483 g/mol. The number of nitrogens with one attached hydrogen (secondary N) is 1. The number of likely N-dealkylation sites (N-methyl/N-ethyl adjacent to an activating group) is 1. The maximum atomic E-state index is 13.9. The summed E-state index contributed by atoms with van der Waals surface area (Å²) in [6.45, 7) is 9.35. The lowest BCUT2D eigenvalue weighted by Crippen LogP contribution is -2.46. The fraction of sp³-hybridized carbons (Fsp3) is 0.520. The average molecular weight is 517 g/mol. The summed E-state index contributed by atoms with van der Waals surface area (Å²) < 4.78 is 20.8. The third-order valence-corrected chi connectivity index (χ3v) is 6.90. The molecule has 194 valence electrons. The number of carbonyl (C=O) groups excluding carboxylic acids is 2. The van der Waals surface area contributed by atoms with Crippen molar-refractivity contribution in [3.05, 3.63) is 30.1 Å². The van der Waals surface area contributed by atoms with Gasteiger partial charge in [0, 0.05) is 31.2 Å². The van der Waals surface area contributed by atoms with E-state index in [0.29, 0.717) is 46.9 Å². The minimum Gasteiger partial charge on any atom is -0.466 e. The number of halogens is 1. The summed E-state index contributed by atoms with van der Waals surface area (Å²) in [5.41, 5.74) is 0.991. The molecule has 1 fully saturated rings. The summed E-state index contributed by atoms with van der Waals surface area (Å²) in [4.78, 5) is 34.1. The Hall–Kier alpha value is -3.21. The van der Waals surface area contributed by atoms with E-state index >= 15 is 0 Å². The van der Waals surface area contributed by atoms with E-state index in [1.165, 1.54) is 23.5 Å². The number of nitrogens with zero attached hydrogens (tertiary/aromatic N) is 5. The number of fused-ring (bicyclic) bond motifs is 1. The number of amides is 1. The first-order valence-electron chi connectivity index (χ1n) is 12.1. The molecule has 1 N–H and O–H groups in total. The summed E-state index contributed by atoms with van der Waals surface area (Å²) in [5.74, 6) is -0.243. The van der Waals surface area contributed by atoms with Crippen molar-refractivity contribution in [3.63, 3.8) is 0 Å². The molecule has 0 bridgehead atoms. The third kappa shape index (κ3) is 5.77. The zero-order chi connectivity index (χ0) is 26.0. The molecule has 0 unspecified atom stereocenters. The van der Waals surface area contributed by atoms with E-state index in [1.807, 2.05) is 33.9 Å². The highest BCUT2D eigenvalue weighted by Gasteiger charge is 2.30. The van der Waals surface area contributed by atoms with E-state index in [0.717, 1.165) is 12.8 Å². The van der Waals surface area contributed by atoms with Crippen LogP contribution in [0.4, 0.5) is 15.3 Å². The van der Waals surface area contributed by atoms with E-state index in [4.69, 9.17) is 14.8 Å². The molecule has 9 nitrogen and oxygen atoms in total. The molecule has 0 aliphatic carbocycles. The predicted molar refractivity (Wildman–Crippen MR) is 139 cm³/mol. The maximum Gasteiger partial charge on any atom is 0.310 e. The van der Waals surface area contributed by atoms with Crippen LogP contribution in [0.25, 0.3) is 16.2 Å². The molecule has 1 amide bonds. The fourth-order valence-corrected chi connectivity index (χ4v) is 5.09. The van der Waals surface area contributed by atoms with Crippen molar-refractivity contribution in [3.8, 4) is 11.3 Å². The first-order valence-corrected chi connectivity index (χ1v) is 13.0. The first-order chi connectivity index (χ1) is 17.1. The first kappa shape index (κ1) is 25.9. The molecule has 0 spiro atoms. The molecule has 4 rings (SSSR count). The zero-order valence-corrected chi connectivity index (χ0v) is 22.2. The van der Waals surface area contributed by atoms with Crippen molar-refractivity contribution in [2.24, 2.45) is 5.92 Å². The van der Waals surface area contributed by atoms with Crippen LogP contribution >= 0.6 is 11.3 Å².